The van der Waals surface area contributed by atoms with Crippen LogP contribution in [0.2, 0.25) is 0 Å². The zero-order valence-electron chi connectivity index (χ0n) is 9.23. The van der Waals surface area contributed by atoms with Crippen molar-refractivity contribution in [2.75, 3.05) is 0 Å². The van der Waals surface area contributed by atoms with E-state index in [1.807, 2.05) is 13.8 Å². The molecule has 14 heavy (non-hydrogen) atoms. The Labute approximate surface area is 84.1 Å². The molecule has 5 nitrogen and oxygen atoms in total. The molecule has 5 heteroatoms. The minimum Gasteiger partial charge on any atom is -0.392 e. The molecule has 0 aromatic carbocycles. The second-order valence-electron chi connectivity index (χ2n) is 4.26. The summed E-state index contributed by atoms with van der Waals surface area (Å²) >= 11 is 0. The van der Waals surface area contributed by atoms with Gasteiger partial charge in [0.15, 0.2) is 5.82 Å². The molecule has 0 bridgehead atoms. The molecule has 0 aliphatic rings. The van der Waals surface area contributed by atoms with E-state index in [2.05, 4.69) is 22.3 Å². The van der Waals surface area contributed by atoms with E-state index in [0.717, 1.165) is 6.42 Å². The van der Waals surface area contributed by atoms with Gasteiger partial charge in [0.05, 0.1) is 13.2 Å². The third-order valence-electron chi connectivity index (χ3n) is 2.74. The summed E-state index contributed by atoms with van der Waals surface area (Å²) in [6, 6.07) is 0. The van der Waals surface area contributed by atoms with Gasteiger partial charge >= 0.3 is 0 Å². The van der Waals surface area contributed by atoms with Crippen LogP contribution >= 0.6 is 0 Å². The molecule has 0 aliphatic heterocycles. The maximum atomic E-state index is 9.92. The van der Waals surface area contributed by atoms with Crippen LogP contribution in [0.1, 0.15) is 33.0 Å². The molecule has 1 atom stereocenters. The van der Waals surface area contributed by atoms with Crippen molar-refractivity contribution in [3.63, 3.8) is 0 Å². The lowest BCUT2D eigenvalue weighted by molar-refractivity contribution is 0.0463. The molecule has 0 saturated heterocycles. The lowest BCUT2D eigenvalue weighted by Crippen LogP contribution is -2.30. The van der Waals surface area contributed by atoms with Crippen LogP contribution in [-0.2, 0) is 13.5 Å². The lowest BCUT2D eigenvalue weighted by atomic mass is 9.82. The van der Waals surface area contributed by atoms with Crippen LogP contribution in [0.4, 0.5) is 0 Å². The van der Waals surface area contributed by atoms with Crippen LogP contribution in [0.5, 0.6) is 0 Å². The van der Waals surface area contributed by atoms with Gasteiger partial charge in [0.2, 0.25) is 0 Å². The van der Waals surface area contributed by atoms with E-state index < -0.39 is 6.10 Å². The van der Waals surface area contributed by atoms with E-state index in [4.69, 9.17) is 0 Å². The first-order valence-corrected chi connectivity index (χ1v) is 4.86. The van der Waals surface area contributed by atoms with Crippen molar-refractivity contribution < 1.29 is 5.11 Å². The molecular weight excluding hydrogens is 180 g/mol. The average molecular weight is 198 g/mol. The predicted octanol–water partition coefficient (Wildman–Crippen LogP) is 0.550. The molecule has 0 radical (unpaired) electrons. The molecule has 1 heterocycles. The van der Waals surface area contributed by atoms with E-state index in [1.54, 1.807) is 7.05 Å². The van der Waals surface area contributed by atoms with E-state index in [0.29, 0.717) is 12.2 Å². The van der Waals surface area contributed by atoms with Crippen molar-refractivity contribution in [2.24, 2.45) is 12.5 Å². The third kappa shape index (κ3) is 2.51. The van der Waals surface area contributed by atoms with Crippen molar-refractivity contribution in [3.8, 4) is 0 Å². The Hall–Kier alpha value is -0.970. The van der Waals surface area contributed by atoms with Gasteiger partial charge in [-0.2, -0.15) is 4.80 Å². The Balaban J connectivity index is 2.61. The number of nitrogens with zero attached hydrogens (tertiary/aromatic N) is 4. The van der Waals surface area contributed by atoms with Gasteiger partial charge in [-0.15, -0.1) is 10.2 Å². The lowest BCUT2D eigenvalue weighted by Gasteiger charge is -2.28. The molecule has 1 aromatic rings. The van der Waals surface area contributed by atoms with E-state index in [-0.39, 0.29) is 5.41 Å². The summed E-state index contributed by atoms with van der Waals surface area (Å²) in [6.45, 7) is 6.13. The molecule has 1 N–H and O–H groups in total. The van der Waals surface area contributed by atoms with Crippen LogP contribution in [-0.4, -0.2) is 31.4 Å². The van der Waals surface area contributed by atoms with E-state index in [9.17, 15) is 5.11 Å². The number of rotatable bonds is 4. The molecule has 0 saturated carbocycles. The normalized spacial score (nSPS) is 14.4. The minimum absolute atomic E-state index is 0.0980. The summed E-state index contributed by atoms with van der Waals surface area (Å²) in [7, 11) is 1.72. The Morgan fingerprint density at radius 3 is 2.57 bits per heavy atom. The second kappa shape index (κ2) is 4.04. The molecule has 0 fully saturated rings. The summed E-state index contributed by atoms with van der Waals surface area (Å²) < 4.78 is 0. The van der Waals surface area contributed by atoms with Gasteiger partial charge in [0, 0.05) is 6.42 Å². The largest absolute Gasteiger partial charge is 0.392 e. The number of tetrazole rings is 1. The standard InChI is InChI=1S/C9H18N4O/c1-5-9(2,3)7(14)6-8-10-12-13(4)11-8/h7,14H,5-6H2,1-4H3. The first-order valence-electron chi connectivity index (χ1n) is 4.86. The van der Waals surface area contributed by atoms with E-state index in [1.165, 1.54) is 4.80 Å². The number of aliphatic hydroxyl groups is 1. The molecular formula is C9H18N4O. The average Bonchev–Trinajstić information content (AvgIpc) is 2.51. The van der Waals surface area contributed by atoms with Crippen molar-refractivity contribution in [2.45, 2.75) is 39.7 Å². The van der Waals surface area contributed by atoms with Crippen molar-refractivity contribution in [1.82, 2.24) is 20.2 Å². The Kier molecular flexibility index (Phi) is 3.21. The Bertz CT molecular complexity index is 295. The summed E-state index contributed by atoms with van der Waals surface area (Å²) in [5.41, 5.74) is -0.0980. The highest BCUT2D eigenvalue weighted by atomic mass is 16.3. The number of aromatic nitrogens is 4. The minimum atomic E-state index is -0.420. The van der Waals surface area contributed by atoms with Crippen molar-refractivity contribution in [1.29, 1.82) is 0 Å². The predicted molar refractivity (Wildman–Crippen MR) is 52.6 cm³/mol. The fourth-order valence-corrected chi connectivity index (χ4v) is 1.09. The van der Waals surface area contributed by atoms with Gasteiger partial charge < -0.3 is 5.11 Å². The van der Waals surface area contributed by atoms with Gasteiger partial charge in [-0.1, -0.05) is 20.8 Å². The van der Waals surface area contributed by atoms with Gasteiger partial charge in [-0.25, -0.2) is 0 Å². The summed E-state index contributed by atoms with van der Waals surface area (Å²) in [6.07, 6.45) is 0.972. The van der Waals surface area contributed by atoms with Crippen LogP contribution in [0.3, 0.4) is 0 Å². The van der Waals surface area contributed by atoms with Crippen molar-refractivity contribution >= 4 is 0 Å². The van der Waals surface area contributed by atoms with Gasteiger partial charge in [-0.05, 0) is 17.0 Å². The first kappa shape index (κ1) is 11.1. The third-order valence-corrected chi connectivity index (χ3v) is 2.74. The monoisotopic (exact) mass is 198 g/mol. The van der Waals surface area contributed by atoms with Crippen LogP contribution < -0.4 is 0 Å². The quantitative estimate of drug-likeness (QED) is 0.767. The van der Waals surface area contributed by atoms with Gasteiger partial charge in [-0.3, -0.25) is 0 Å². The number of aryl methyl sites for hydroxylation is 1. The molecule has 0 spiro atoms. The molecule has 0 amide bonds. The Morgan fingerprint density at radius 2 is 2.14 bits per heavy atom. The topological polar surface area (TPSA) is 63.8 Å². The highest BCUT2D eigenvalue weighted by Crippen LogP contribution is 2.26. The zero-order valence-corrected chi connectivity index (χ0v) is 9.23. The first-order chi connectivity index (χ1) is 6.45. The van der Waals surface area contributed by atoms with Crippen LogP contribution in [0.25, 0.3) is 0 Å². The summed E-state index contributed by atoms with van der Waals surface area (Å²) in [4.78, 5) is 1.40. The fourth-order valence-electron chi connectivity index (χ4n) is 1.09. The molecule has 1 aromatic heterocycles. The van der Waals surface area contributed by atoms with Crippen LogP contribution in [0, 0.1) is 5.41 Å². The molecule has 80 valence electrons. The Morgan fingerprint density at radius 1 is 1.50 bits per heavy atom. The fraction of sp³-hybridized carbons (Fsp3) is 0.889. The molecule has 1 unspecified atom stereocenters. The van der Waals surface area contributed by atoms with E-state index >= 15 is 0 Å². The highest BCUT2D eigenvalue weighted by molar-refractivity contribution is 4.87. The summed E-state index contributed by atoms with van der Waals surface area (Å²) in [5, 5.41) is 21.5. The maximum Gasteiger partial charge on any atom is 0.177 e. The molecule has 0 aliphatic carbocycles. The van der Waals surface area contributed by atoms with Gasteiger partial charge in [0.25, 0.3) is 0 Å². The highest BCUT2D eigenvalue weighted by Gasteiger charge is 2.27. The number of hydrogen-bond donors (Lipinski definition) is 1. The smallest absolute Gasteiger partial charge is 0.177 e. The summed E-state index contributed by atoms with van der Waals surface area (Å²) in [5.74, 6) is 0.599. The van der Waals surface area contributed by atoms with Gasteiger partial charge in [0.1, 0.15) is 0 Å². The number of aliphatic hydroxyl groups excluding tert-OH is 1. The number of hydrogen-bond acceptors (Lipinski definition) is 4. The second-order valence-corrected chi connectivity index (χ2v) is 4.26. The zero-order chi connectivity index (χ0) is 10.8. The SMILES string of the molecule is CCC(C)(C)C(O)Cc1nnn(C)n1. The maximum absolute atomic E-state index is 9.92. The molecule has 1 rings (SSSR count). The van der Waals surface area contributed by atoms with Crippen LogP contribution in [0.15, 0.2) is 0 Å². The van der Waals surface area contributed by atoms with Crippen molar-refractivity contribution in [3.05, 3.63) is 5.82 Å².